The summed E-state index contributed by atoms with van der Waals surface area (Å²) in [5, 5.41) is 14.6. The maximum atomic E-state index is 12.5. The van der Waals surface area contributed by atoms with Gasteiger partial charge in [0.25, 0.3) is 0 Å². The molecule has 0 spiro atoms. The number of hydrogen-bond donors (Lipinski definition) is 3. The normalized spacial score (nSPS) is 23.0. The van der Waals surface area contributed by atoms with Gasteiger partial charge in [0.15, 0.2) is 0 Å². The van der Waals surface area contributed by atoms with Gasteiger partial charge in [0.05, 0.1) is 13.1 Å². The number of quaternary nitrogens is 1. The highest BCUT2D eigenvalue weighted by Gasteiger charge is 2.32. The zero-order chi connectivity index (χ0) is 15.3. The van der Waals surface area contributed by atoms with E-state index in [-0.39, 0.29) is 18.1 Å². The summed E-state index contributed by atoms with van der Waals surface area (Å²) in [5.74, 6) is -0.0255. The summed E-state index contributed by atoms with van der Waals surface area (Å²) >= 11 is 0. The summed E-state index contributed by atoms with van der Waals surface area (Å²) in [4.78, 5) is 7.20. The molecule has 0 amide bonds. The van der Waals surface area contributed by atoms with Crippen molar-refractivity contribution in [2.24, 2.45) is 0 Å². The van der Waals surface area contributed by atoms with Crippen LogP contribution >= 0.6 is 0 Å². The van der Waals surface area contributed by atoms with Crippen LogP contribution in [0.1, 0.15) is 31.4 Å². The molecule has 0 saturated heterocycles. The summed E-state index contributed by atoms with van der Waals surface area (Å²) in [6, 6.07) is 1.03. The third kappa shape index (κ3) is 4.82. The second kappa shape index (κ2) is 7.04. The van der Waals surface area contributed by atoms with Crippen molar-refractivity contribution in [3.05, 3.63) is 18.0 Å². The lowest BCUT2D eigenvalue weighted by Gasteiger charge is -2.25. The fraction of sp³-hybridized carbons (Fsp3) is 0.692. The Kier molecular flexibility index (Phi) is 5.35. The molecule has 4 N–H and O–H groups in total. The summed E-state index contributed by atoms with van der Waals surface area (Å²) in [6.45, 7) is 1.10. The van der Waals surface area contributed by atoms with Crippen LogP contribution in [-0.4, -0.2) is 40.3 Å². The lowest BCUT2D eigenvalue weighted by atomic mass is 9.93. The third-order valence-electron chi connectivity index (χ3n) is 3.62. The maximum Gasteiger partial charge on any atom is 0.433 e. The highest BCUT2D eigenvalue weighted by atomic mass is 19.4. The number of alkyl halides is 3. The number of anilines is 1. The Balaban J connectivity index is 1.76. The van der Waals surface area contributed by atoms with Crippen molar-refractivity contribution in [3.63, 3.8) is 0 Å². The van der Waals surface area contributed by atoms with E-state index < -0.39 is 11.9 Å². The first kappa shape index (κ1) is 16.0. The minimum Gasteiger partial charge on any atom is -0.387 e. The smallest absolute Gasteiger partial charge is 0.387 e. The SMILES string of the molecule is O[C@H]1CCCC[C@@H]1[NH2+]CCNc1nccc(C(F)(F)F)n1. The number of nitrogens with two attached hydrogens (primary N) is 1. The molecule has 2 rings (SSSR count). The molecule has 0 bridgehead atoms. The largest absolute Gasteiger partial charge is 0.433 e. The number of rotatable bonds is 5. The number of hydrogen-bond acceptors (Lipinski definition) is 4. The lowest BCUT2D eigenvalue weighted by molar-refractivity contribution is -0.696. The highest BCUT2D eigenvalue weighted by Crippen LogP contribution is 2.27. The average molecular weight is 305 g/mol. The van der Waals surface area contributed by atoms with E-state index in [0.717, 1.165) is 37.9 Å². The molecule has 1 heterocycles. The van der Waals surface area contributed by atoms with E-state index in [4.69, 9.17) is 0 Å². The molecule has 8 heteroatoms. The van der Waals surface area contributed by atoms with Gasteiger partial charge in [-0.25, -0.2) is 9.97 Å². The molecule has 0 aliphatic heterocycles. The molecule has 0 radical (unpaired) electrons. The van der Waals surface area contributed by atoms with Crippen LogP contribution in [0, 0.1) is 0 Å². The van der Waals surface area contributed by atoms with Gasteiger partial charge < -0.3 is 15.7 Å². The molecule has 1 saturated carbocycles. The second-order valence-corrected chi connectivity index (χ2v) is 5.23. The number of halogens is 3. The molecular formula is C13H20F3N4O+. The predicted molar refractivity (Wildman–Crippen MR) is 70.6 cm³/mol. The van der Waals surface area contributed by atoms with E-state index in [2.05, 4.69) is 15.3 Å². The zero-order valence-electron chi connectivity index (χ0n) is 11.6. The Hall–Kier alpha value is -1.41. The molecule has 0 unspecified atom stereocenters. The Bertz CT molecular complexity index is 455. The van der Waals surface area contributed by atoms with Crippen molar-refractivity contribution in [2.75, 3.05) is 18.4 Å². The van der Waals surface area contributed by atoms with Crippen LogP contribution in [-0.2, 0) is 6.18 Å². The summed E-state index contributed by atoms with van der Waals surface area (Å²) in [5.41, 5.74) is -0.952. The average Bonchev–Trinajstić information content (AvgIpc) is 2.45. The third-order valence-corrected chi connectivity index (χ3v) is 3.62. The summed E-state index contributed by atoms with van der Waals surface area (Å²) in [7, 11) is 0. The predicted octanol–water partition coefficient (Wildman–Crippen LogP) is 0.774. The van der Waals surface area contributed by atoms with Crippen LogP contribution < -0.4 is 10.6 Å². The first-order chi connectivity index (χ1) is 9.97. The van der Waals surface area contributed by atoms with Gasteiger partial charge in [-0.3, -0.25) is 0 Å². The molecule has 1 aliphatic rings. The van der Waals surface area contributed by atoms with Crippen molar-refractivity contribution >= 4 is 5.95 Å². The van der Waals surface area contributed by atoms with Crippen molar-refractivity contribution in [1.29, 1.82) is 0 Å². The minimum absolute atomic E-state index is 0.0255. The van der Waals surface area contributed by atoms with Crippen LogP contribution in [0.3, 0.4) is 0 Å². The summed E-state index contributed by atoms with van der Waals surface area (Å²) in [6.07, 6.45) is 0.310. The van der Waals surface area contributed by atoms with E-state index in [1.807, 2.05) is 5.32 Å². The molecule has 2 atom stereocenters. The van der Waals surface area contributed by atoms with E-state index in [1.54, 1.807) is 0 Å². The van der Waals surface area contributed by atoms with Crippen molar-refractivity contribution in [1.82, 2.24) is 9.97 Å². The van der Waals surface area contributed by atoms with E-state index in [0.29, 0.717) is 13.1 Å². The molecule has 0 aromatic carbocycles. The Labute approximate surface area is 121 Å². The van der Waals surface area contributed by atoms with Gasteiger partial charge in [-0.05, 0) is 18.9 Å². The number of nitrogens with one attached hydrogen (secondary N) is 1. The topological polar surface area (TPSA) is 74.7 Å². The second-order valence-electron chi connectivity index (χ2n) is 5.23. The Morgan fingerprint density at radius 3 is 2.81 bits per heavy atom. The molecule has 1 aromatic rings. The van der Waals surface area contributed by atoms with Gasteiger partial charge in [-0.15, -0.1) is 0 Å². The molecule has 1 fully saturated rings. The molecule has 118 valence electrons. The fourth-order valence-corrected chi connectivity index (χ4v) is 2.50. The van der Waals surface area contributed by atoms with Gasteiger partial charge in [0.2, 0.25) is 5.95 Å². The van der Waals surface area contributed by atoms with Gasteiger partial charge in [-0.2, -0.15) is 13.2 Å². The number of aliphatic hydroxyl groups is 1. The molecule has 1 aromatic heterocycles. The Morgan fingerprint density at radius 2 is 2.10 bits per heavy atom. The molecule has 1 aliphatic carbocycles. The first-order valence-electron chi connectivity index (χ1n) is 7.12. The monoisotopic (exact) mass is 305 g/mol. The van der Waals surface area contributed by atoms with Gasteiger partial charge in [0, 0.05) is 12.6 Å². The van der Waals surface area contributed by atoms with Crippen LogP contribution in [0.15, 0.2) is 12.3 Å². The fourth-order valence-electron chi connectivity index (χ4n) is 2.50. The molecular weight excluding hydrogens is 285 g/mol. The van der Waals surface area contributed by atoms with Crippen molar-refractivity contribution in [2.45, 2.75) is 44.0 Å². The van der Waals surface area contributed by atoms with E-state index in [9.17, 15) is 18.3 Å². The zero-order valence-corrected chi connectivity index (χ0v) is 11.6. The van der Waals surface area contributed by atoms with Crippen LogP contribution in [0.5, 0.6) is 0 Å². The van der Waals surface area contributed by atoms with E-state index in [1.165, 1.54) is 0 Å². The first-order valence-corrected chi connectivity index (χ1v) is 7.12. The number of aliphatic hydroxyl groups excluding tert-OH is 1. The van der Waals surface area contributed by atoms with Crippen molar-refractivity contribution in [3.8, 4) is 0 Å². The van der Waals surface area contributed by atoms with Gasteiger partial charge >= 0.3 is 6.18 Å². The maximum absolute atomic E-state index is 12.5. The quantitative estimate of drug-likeness (QED) is 0.703. The summed E-state index contributed by atoms with van der Waals surface area (Å²) < 4.78 is 37.5. The molecule has 21 heavy (non-hydrogen) atoms. The standard InChI is InChI=1S/C13H19F3N4O/c14-13(15,16)11-5-6-18-12(20-11)19-8-7-17-9-3-1-2-4-10(9)21/h5-6,9-10,17,21H,1-4,7-8H2,(H,18,19,20)/p+1/t9-,10-/m0/s1. The highest BCUT2D eigenvalue weighted by molar-refractivity contribution is 5.25. The minimum atomic E-state index is -4.46. The van der Waals surface area contributed by atoms with Gasteiger partial charge in [0.1, 0.15) is 17.8 Å². The van der Waals surface area contributed by atoms with E-state index >= 15 is 0 Å². The van der Waals surface area contributed by atoms with Crippen LogP contribution in [0.2, 0.25) is 0 Å². The molecule has 5 nitrogen and oxygen atoms in total. The number of aromatic nitrogens is 2. The van der Waals surface area contributed by atoms with Gasteiger partial charge in [-0.1, -0.05) is 6.42 Å². The van der Waals surface area contributed by atoms with Crippen LogP contribution in [0.25, 0.3) is 0 Å². The lowest BCUT2D eigenvalue weighted by Crippen LogP contribution is -2.93. The number of nitrogens with zero attached hydrogens (tertiary/aromatic N) is 2. The van der Waals surface area contributed by atoms with Crippen molar-refractivity contribution < 1.29 is 23.6 Å². The van der Waals surface area contributed by atoms with Crippen LogP contribution in [0.4, 0.5) is 19.1 Å². The Morgan fingerprint density at radius 1 is 1.33 bits per heavy atom.